The van der Waals surface area contributed by atoms with Gasteiger partial charge in [-0.3, -0.25) is 4.79 Å². The van der Waals surface area contributed by atoms with Crippen LogP contribution in [0.15, 0.2) is 42.5 Å². The number of thioether (sulfide) groups is 2. The third-order valence-electron chi connectivity index (χ3n) is 4.62. The summed E-state index contributed by atoms with van der Waals surface area (Å²) in [7, 11) is 11.8. The summed E-state index contributed by atoms with van der Waals surface area (Å²) in [6.45, 7) is 0. The molecule has 0 aliphatic carbocycles. The molecule has 0 heterocycles. The van der Waals surface area contributed by atoms with Gasteiger partial charge in [0.25, 0.3) is 0 Å². The van der Waals surface area contributed by atoms with E-state index in [4.69, 9.17) is 20.8 Å². The van der Waals surface area contributed by atoms with Gasteiger partial charge in [0.05, 0.1) is 0 Å². The van der Waals surface area contributed by atoms with Crippen LogP contribution in [0.5, 0.6) is 5.75 Å². The van der Waals surface area contributed by atoms with E-state index in [0.29, 0.717) is 21.9 Å². The lowest BCUT2D eigenvalue weighted by atomic mass is 9.78. The van der Waals surface area contributed by atoms with Crippen molar-refractivity contribution in [1.29, 1.82) is 0 Å². The molecule has 0 aliphatic heterocycles. The number of carbonyl (C=O) groups is 1. The van der Waals surface area contributed by atoms with E-state index in [1.54, 1.807) is 17.8 Å². The van der Waals surface area contributed by atoms with Gasteiger partial charge in [-0.15, -0.1) is 0 Å². The molecule has 0 aromatic heterocycles. The number of aromatic hydroxyl groups is 1. The van der Waals surface area contributed by atoms with E-state index < -0.39 is 5.97 Å². The second kappa shape index (κ2) is 13.0. The van der Waals surface area contributed by atoms with Gasteiger partial charge in [0, 0.05) is 23.2 Å². The fourth-order valence-corrected chi connectivity index (χ4v) is 5.43. The van der Waals surface area contributed by atoms with Gasteiger partial charge in [0.1, 0.15) is 21.4 Å². The molecule has 4 radical (unpaired) electrons. The van der Waals surface area contributed by atoms with Gasteiger partial charge in [0.15, 0.2) is 0 Å². The summed E-state index contributed by atoms with van der Waals surface area (Å²) in [6.07, 6.45) is 3.96. The Hall–Kier alpha value is -1.46. The molecule has 0 saturated carbocycles. The van der Waals surface area contributed by atoms with Gasteiger partial charge in [-0.25, -0.2) is 0 Å². The first-order chi connectivity index (χ1) is 14.0. The third-order valence-corrected chi connectivity index (χ3v) is 7.10. The molecular formula is C22H26B2O3S2. The van der Waals surface area contributed by atoms with Crippen molar-refractivity contribution >= 4 is 56.1 Å². The molecule has 2 aromatic carbocycles. The monoisotopic (exact) mass is 424 g/mol. The Labute approximate surface area is 184 Å². The standard InChI is InChI=1S/C22H26B2O3S2/c23-20-13-18(25)12-17(22(20)24)15-28-11-10-19(8-4-5-9-21(26)27)29-14-16-6-2-1-3-7-16/h1-3,6-7,12-13,19,25H,4-5,8-11,14-15H2,(H,26,27). The van der Waals surface area contributed by atoms with Crippen molar-refractivity contribution in [2.24, 2.45) is 0 Å². The molecule has 150 valence electrons. The molecule has 2 aromatic rings. The number of benzene rings is 2. The highest BCUT2D eigenvalue weighted by atomic mass is 32.2. The van der Waals surface area contributed by atoms with E-state index in [1.807, 2.05) is 17.8 Å². The van der Waals surface area contributed by atoms with Crippen LogP contribution in [0.4, 0.5) is 0 Å². The zero-order chi connectivity index (χ0) is 21.1. The smallest absolute Gasteiger partial charge is 0.303 e. The Balaban J connectivity index is 1.81. The van der Waals surface area contributed by atoms with Gasteiger partial charge in [-0.05, 0) is 48.3 Å². The maximum atomic E-state index is 10.7. The summed E-state index contributed by atoms with van der Waals surface area (Å²) in [5.41, 5.74) is 3.13. The van der Waals surface area contributed by atoms with Gasteiger partial charge in [0.2, 0.25) is 0 Å². The van der Waals surface area contributed by atoms with Crippen molar-refractivity contribution in [2.75, 3.05) is 5.75 Å². The van der Waals surface area contributed by atoms with Crippen LogP contribution in [0.2, 0.25) is 0 Å². The minimum atomic E-state index is -0.725. The van der Waals surface area contributed by atoms with Crippen LogP contribution in [0.3, 0.4) is 0 Å². The van der Waals surface area contributed by atoms with Gasteiger partial charge in [-0.2, -0.15) is 23.5 Å². The SMILES string of the molecule is [B]c1cc(O)cc(CSCCC(CCCCC(=O)O)SCc2ccccc2)c1[B]. The first-order valence-corrected chi connectivity index (χ1v) is 12.0. The minimum Gasteiger partial charge on any atom is -0.508 e. The molecular weight excluding hydrogens is 398 g/mol. The maximum Gasteiger partial charge on any atom is 0.303 e. The number of carboxylic acid groups (broad SMARTS) is 1. The summed E-state index contributed by atoms with van der Waals surface area (Å²) in [6, 6.07) is 13.5. The second-order valence-corrected chi connectivity index (χ2v) is 9.40. The highest BCUT2D eigenvalue weighted by molar-refractivity contribution is 7.99. The van der Waals surface area contributed by atoms with E-state index in [9.17, 15) is 9.90 Å². The summed E-state index contributed by atoms with van der Waals surface area (Å²) in [4.78, 5) is 10.7. The fourth-order valence-electron chi connectivity index (χ4n) is 2.98. The Morgan fingerprint density at radius 3 is 2.52 bits per heavy atom. The Morgan fingerprint density at radius 1 is 1.03 bits per heavy atom. The number of phenols is 1. The molecule has 2 rings (SSSR count). The van der Waals surface area contributed by atoms with Crippen LogP contribution in [0.25, 0.3) is 0 Å². The maximum absolute atomic E-state index is 10.7. The van der Waals surface area contributed by atoms with E-state index in [-0.39, 0.29) is 12.2 Å². The van der Waals surface area contributed by atoms with Crippen molar-refractivity contribution in [1.82, 2.24) is 0 Å². The molecule has 0 saturated heterocycles. The zero-order valence-corrected chi connectivity index (χ0v) is 18.2. The zero-order valence-electron chi connectivity index (χ0n) is 16.5. The second-order valence-electron chi connectivity index (χ2n) is 7.01. The van der Waals surface area contributed by atoms with Crippen LogP contribution < -0.4 is 10.9 Å². The molecule has 0 spiro atoms. The number of phenolic OH excluding ortho intramolecular Hbond substituents is 1. The predicted molar refractivity (Wildman–Crippen MR) is 127 cm³/mol. The number of hydrogen-bond donors (Lipinski definition) is 2. The van der Waals surface area contributed by atoms with Crippen LogP contribution >= 0.6 is 23.5 Å². The highest BCUT2D eigenvalue weighted by Gasteiger charge is 2.11. The topological polar surface area (TPSA) is 57.5 Å². The molecule has 29 heavy (non-hydrogen) atoms. The van der Waals surface area contributed by atoms with Gasteiger partial charge in [-0.1, -0.05) is 47.7 Å². The first kappa shape index (κ1) is 23.8. The van der Waals surface area contributed by atoms with Crippen LogP contribution in [0, 0.1) is 0 Å². The Bertz CT molecular complexity index is 772. The molecule has 0 amide bonds. The van der Waals surface area contributed by atoms with Crippen molar-refractivity contribution < 1.29 is 15.0 Å². The Kier molecular flexibility index (Phi) is 10.6. The molecule has 1 atom stereocenters. The lowest BCUT2D eigenvalue weighted by Gasteiger charge is -2.17. The quantitative estimate of drug-likeness (QED) is 0.381. The number of hydrogen-bond acceptors (Lipinski definition) is 4. The summed E-state index contributed by atoms with van der Waals surface area (Å²) < 4.78 is 0. The molecule has 3 nitrogen and oxygen atoms in total. The minimum absolute atomic E-state index is 0.141. The van der Waals surface area contributed by atoms with Crippen LogP contribution in [-0.4, -0.2) is 42.9 Å². The molecule has 0 aliphatic rings. The lowest BCUT2D eigenvalue weighted by Crippen LogP contribution is -2.28. The van der Waals surface area contributed by atoms with E-state index in [0.717, 1.165) is 42.8 Å². The summed E-state index contributed by atoms with van der Waals surface area (Å²) >= 11 is 3.72. The molecule has 2 N–H and O–H groups in total. The lowest BCUT2D eigenvalue weighted by molar-refractivity contribution is -0.137. The number of aliphatic carboxylic acids is 1. The fraction of sp³-hybridized carbons (Fsp3) is 0.409. The summed E-state index contributed by atoms with van der Waals surface area (Å²) in [5, 5.41) is 19.0. The largest absolute Gasteiger partial charge is 0.508 e. The number of rotatable bonds is 13. The van der Waals surface area contributed by atoms with Crippen molar-refractivity contribution in [3.8, 4) is 5.75 Å². The van der Waals surface area contributed by atoms with Gasteiger partial charge >= 0.3 is 5.97 Å². The number of carboxylic acids is 1. The molecule has 0 fully saturated rings. The average molecular weight is 424 g/mol. The van der Waals surface area contributed by atoms with Crippen molar-refractivity contribution in [2.45, 2.75) is 48.9 Å². The molecule has 0 bridgehead atoms. The van der Waals surface area contributed by atoms with E-state index in [1.165, 1.54) is 11.6 Å². The van der Waals surface area contributed by atoms with Gasteiger partial charge < -0.3 is 10.2 Å². The number of unbranched alkanes of at least 4 members (excludes halogenated alkanes) is 1. The predicted octanol–water partition coefficient (Wildman–Crippen LogP) is 3.55. The average Bonchev–Trinajstić information content (AvgIpc) is 2.69. The Morgan fingerprint density at radius 2 is 1.79 bits per heavy atom. The van der Waals surface area contributed by atoms with E-state index >= 15 is 0 Å². The molecule has 1 unspecified atom stereocenters. The normalized spacial score (nSPS) is 12.0. The third kappa shape index (κ3) is 9.26. The van der Waals surface area contributed by atoms with Crippen LogP contribution in [-0.2, 0) is 16.3 Å². The van der Waals surface area contributed by atoms with Crippen molar-refractivity contribution in [3.05, 3.63) is 53.6 Å². The van der Waals surface area contributed by atoms with Crippen molar-refractivity contribution in [3.63, 3.8) is 0 Å². The summed E-state index contributed by atoms with van der Waals surface area (Å²) in [5.74, 6) is 2.06. The first-order valence-electron chi connectivity index (χ1n) is 9.77. The molecule has 7 heteroatoms. The van der Waals surface area contributed by atoms with Crippen LogP contribution in [0.1, 0.15) is 43.2 Å². The van der Waals surface area contributed by atoms with E-state index in [2.05, 4.69) is 24.3 Å². The highest BCUT2D eigenvalue weighted by Crippen LogP contribution is 2.27.